The number of amides is 3. The maximum atomic E-state index is 12.5. The number of ketones is 1. The average Bonchev–Trinajstić information content (AvgIpc) is 2.96. The van der Waals surface area contributed by atoms with E-state index in [0.717, 1.165) is 4.90 Å². The van der Waals surface area contributed by atoms with Crippen molar-refractivity contribution in [2.45, 2.75) is 39.2 Å². The predicted molar refractivity (Wildman–Crippen MR) is 107 cm³/mol. The molecule has 1 saturated heterocycles. The highest BCUT2D eigenvalue weighted by atomic mass is 16.5. The molecule has 1 fully saturated rings. The van der Waals surface area contributed by atoms with Crippen molar-refractivity contribution in [1.82, 2.24) is 4.90 Å². The van der Waals surface area contributed by atoms with Crippen LogP contribution < -0.4 is 5.32 Å². The summed E-state index contributed by atoms with van der Waals surface area (Å²) in [6, 6.07) is 6.24. The van der Waals surface area contributed by atoms with Crippen molar-refractivity contribution >= 4 is 35.2 Å². The summed E-state index contributed by atoms with van der Waals surface area (Å²) in [4.78, 5) is 61.6. The molecular weight excluding hydrogens is 388 g/mol. The van der Waals surface area contributed by atoms with Crippen molar-refractivity contribution in [1.29, 1.82) is 0 Å². The fourth-order valence-electron chi connectivity index (χ4n) is 3.76. The number of likely N-dealkylation sites (tertiary alicyclic amines) is 1. The molecule has 3 unspecified atom stereocenters. The summed E-state index contributed by atoms with van der Waals surface area (Å²) in [7, 11) is 0. The second-order valence-corrected chi connectivity index (χ2v) is 7.49. The smallest absolute Gasteiger partial charge is 0.308 e. The van der Waals surface area contributed by atoms with Crippen LogP contribution in [0.15, 0.2) is 36.4 Å². The van der Waals surface area contributed by atoms with Crippen molar-refractivity contribution in [3.63, 3.8) is 0 Å². The number of allylic oxidation sites excluding steroid dienone is 2. The lowest BCUT2D eigenvalue weighted by Crippen LogP contribution is -2.34. The number of imide groups is 1. The van der Waals surface area contributed by atoms with Crippen LogP contribution >= 0.6 is 0 Å². The van der Waals surface area contributed by atoms with Gasteiger partial charge in [-0.25, -0.2) is 0 Å². The molecule has 8 nitrogen and oxygen atoms in total. The second kappa shape index (κ2) is 9.02. The van der Waals surface area contributed by atoms with Gasteiger partial charge in [0.2, 0.25) is 23.5 Å². The number of benzene rings is 1. The highest BCUT2D eigenvalue weighted by Gasteiger charge is 2.47. The Morgan fingerprint density at radius 2 is 1.63 bits per heavy atom. The fourth-order valence-corrected chi connectivity index (χ4v) is 3.76. The van der Waals surface area contributed by atoms with E-state index in [1.807, 2.05) is 12.2 Å². The normalized spacial score (nSPS) is 21.2. The molecule has 1 aromatic rings. The fraction of sp³-hybridized carbons (Fsp3) is 0.409. The summed E-state index contributed by atoms with van der Waals surface area (Å²) in [5.41, 5.74) is 0.894. The SMILES string of the molecule is CC(=O)Nc1ccc(C(=O)C(C)OC(=O)CCN2C(=O)C3CC=CCC3C2=O)cc1. The molecule has 1 aliphatic carbocycles. The van der Waals surface area contributed by atoms with E-state index >= 15 is 0 Å². The van der Waals surface area contributed by atoms with E-state index in [4.69, 9.17) is 4.74 Å². The monoisotopic (exact) mass is 412 g/mol. The molecular formula is C22H24N2O6. The first-order valence-corrected chi connectivity index (χ1v) is 9.89. The third-order valence-electron chi connectivity index (χ3n) is 5.31. The molecule has 0 saturated carbocycles. The highest BCUT2D eigenvalue weighted by molar-refractivity contribution is 6.05. The number of fused-ring (bicyclic) bond motifs is 1. The number of rotatable bonds is 7. The predicted octanol–water partition coefficient (Wildman–Crippen LogP) is 2.10. The number of Topliss-reactive ketones (excluding diaryl/α,β-unsaturated/α-hetero) is 1. The van der Waals surface area contributed by atoms with Crippen LogP contribution in [0.5, 0.6) is 0 Å². The molecule has 0 bridgehead atoms. The molecule has 1 heterocycles. The average molecular weight is 412 g/mol. The van der Waals surface area contributed by atoms with Gasteiger partial charge in [0, 0.05) is 24.7 Å². The number of nitrogens with zero attached hydrogens (tertiary/aromatic N) is 1. The zero-order chi connectivity index (χ0) is 21.8. The topological polar surface area (TPSA) is 110 Å². The van der Waals surface area contributed by atoms with E-state index in [-0.39, 0.29) is 48.3 Å². The van der Waals surface area contributed by atoms with Crippen LogP contribution in [-0.4, -0.2) is 47.0 Å². The molecule has 1 aromatic carbocycles. The van der Waals surface area contributed by atoms with Crippen molar-refractivity contribution in [3.8, 4) is 0 Å². The van der Waals surface area contributed by atoms with Gasteiger partial charge in [0.15, 0.2) is 6.10 Å². The van der Waals surface area contributed by atoms with Crippen LogP contribution in [0.2, 0.25) is 0 Å². The lowest BCUT2D eigenvalue weighted by molar-refractivity contribution is -0.148. The van der Waals surface area contributed by atoms with Crippen LogP contribution in [0, 0.1) is 11.8 Å². The van der Waals surface area contributed by atoms with Crippen LogP contribution in [0.25, 0.3) is 0 Å². The van der Waals surface area contributed by atoms with Crippen LogP contribution in [-0.2, 0) is 23.9 Å². The molecule has 0 aromatic heterocycles. The Labute approximate surface area is 174 Å². The van der Waals surface area contributed by atoms with Crippen LogP contribution in [0.1, 0.15) is 43.5 Å². The molecule has 30 heavy (non-hydrogen) atoms. The first kappa shape index (κ1) is 21.4. The minimum Gasteiger partial charge on any atom is -0.454 e. The standard InChI is InChI=1S/C22H24N2O6/c1-13(20(27)15-7-9-16(10-8-15)23-14(2)25)30-19(26)11-12-24-21(28)17-5-3-4-6-18(17)22(24)29/h3-4,7-10,13,17-18H,5-6,11-12H2,1-2H3,(H,23,25). The Hall–Kier alpha value is -3.29. The summed E-state index contributed by atoms with van der Waals surface area (Å²) in [6.45, 7) is 2.80. The van der Waals surface area contributed by atoms with Gasteiger partial charge in [-0.15, -0.1) is 0 Å². The molecule has 8 heteroatoms. The van der Waals surface area contributed by atoms with Crippen molar-refractivity contribution < 1.29 is 28.7 Å². The van der Waals surface area contributed by atoms with Gasteiger partial charge in [0.1, 0.15) is 0 Å². The van der Waals surface area contributed by atoms with Gasteiger partial charge in [-0.2, -0.15) is 0 Å². The Bertz CT molecular complexity index is 879. The molecule has 3 amide bonds. The van der Waals surface area contributed by atoms with E-state index in [9.17, 15) is 24.0 Å². The molecule has 158 valence electrons. The van der Waals surface area contributed by atoms with Gasteiger partial charge in [-0.05, 0) is 44.0 Å². The number of hydrogen-bond donors (Lipinski definition) is 1. The van der Waals surface area contributed by atoms with Gasteiger partial charge < -0.3 is 10.1 Å². The largest absolute Gasteiger partial charge is 0.454 e. The minimum atomic E-state index is -1.01. The van der Waals surface area contributed by atoms with Crippen LogP contribution in [0.4, 0.5) is 5.69 Å². The Balaban J connectivity index is 1.51. The number of ether oxygens (including phenoxy) is 1. The van der Waals surface area contributed by atoms with Crippen LogP contribution in [0.3, 0.4) is 0 Å². The maximum Gasteiger partial charge on any atom is 0.308 e. The zero-order valence-corrected chi connectivity index (χ0v) is 16.9. The van der Waals surface area contributed by atoms with Crippen molar-refractivity contribution in [3.05, 3.63) is 42.0 Å². The molecule has 2 aliphatic rings. The second-order valence-electron chi connectivity index (χ2n) is 7.49. The Morgan fingerprint density at radius 3 is 2.17 bits per heavy atom. The summed E-state index contributed by atoms with van der Waals surface area (Å²) >= 11 is 0. The van der Waals surface area contributed by atoms with E-state index in [1.54, 1.807) is 12.1 Å². The molecule has 3 atom stereocenters. The van der Waals surface area contributed by atoms with Gasteiger partial charge in [0.05, 0.1) is 18.3 Å². The number of carbonyl (C=O) groups is 5. The zero-order valence-electron chi connectivity index (χ0n) is 16.9. The quantitative estimate of drug-likeness (QED) is 0.318. The minimum absolute atomic E-state index is 0.0458. The van der Waals surface area contributed by atoms with Gasteiger partial charge in [-0.1, -0.05) is 12.2 Å². The van der Waals surface area contributed by atoms with Gasteiger partial charge in [-0.3, -0.25) is 28.9 Å². The van der Waals surface area contributed by atoms with Crippen molar-refractivity contribution in [2.75, 3.05) is 11.9 Å². The number of nitrogens with one attached hydrogen (secondary N) is 1. The van der Waals surface area contributed by atoms with E-state index < -0.39 is 12.1 Å². The first-order chi connectivity index (χ1) is 14.3. The summed E-state index contributed by atoms with van der Waals surface area (Å²) in [5.74, 6) is -2.42. The highest BCUT2D eigenvalue weighted by Crippen LogP contribution is 2.35. The first-order valence-electron chi connectivity index (χ1n) is 9.89. The van der Waals surface area contributed by atoms with Gasteiger partial charge in [0.25, 0.3) is 0 Å². The third kappa shape index (κ3) is 4.64. The summed E-state index contributed by atoms with van der Waals surface area (Å²) in [6.07, 6.45) is 3.72. The molecule has 0 radical (unpaired) electrons. The number of anilines is 1. The molecule has 0 spiro atoms. The molecule has 1 N–H and O–H groups in total. The Kier molecular flexibility index (Phi) is 6.44. The Morgan fingerprint density at radius 1 is 1.07 bits per heavy atom. The summed E-state index contributed by atoms with van der Waals surface area (Å²) in [5, 5.41) is 2.60. The number of carbonyl (C=O) groups excluding carboxylic acids is 5. The molecule has 3 rings (SSSR count). The third-order valence-corrected chi connectivity index (χ3v) is 5.31. The van der Waals surface area contributed by atoms with Crippen molar-refractivity contribution in [2.24, 2.45) is 11.8 Å². The van der Waals surface area contributed by atoms with Gasteiger partial charge >= 0.3 is 5.97 Å². The van der Waals surface area contributed by atoms with E-state index in [1.165, 1.54) is 26.0 Å². The lowest BCUT2D eigenvalue weighted by atomic mass is 9.85. The van der Waals surface area contributed by atoms with E-state index in [2.05, 4.69) is 5.32 Å². The summed E-state index contributed by atoms with van der Waals surface area (Å²) < 4.78 is 5.19. The molecule has 1 aliphatic heterocycles. The maximum absolute atomic E-state index is 12.5. The number of esters is 1. The van der Waals surface area contributed by atoms with E-state index in [0.29, 0.717) is 24.1 Å². The number of hydrogen-bond acceptors (Lipinski definition) is 6. The lowest BCUT2D eigenvalue weighted by Gasteiger charge is -2.16.